The average molecular weight is 325 g/mol. The Morgan fingerprint density at radius 2 is 1.52 bits per heavy atom. The van der Waals surface area contributed by atoms with Crippen LogP contribution in [0.25, 0.3) is 0 Å². The van der Waals surface area contributed by atoms with Gasteiger partial charge in [0.1, 0.15) is 0 Å². The first-order valence-corrected chi connectivity index (χ1v) is 9.89. The first kappa shape index (κ1) is 17.6. The third-order valence-corrected chi connectivity index (χ3v) is 6.10. The zero-order chi connectivity index (χ0) is 15.9. The number of aliphatic hydroxyl groups excluding tert-OH is 1. The molecule has 2 bridgehead atoms. The lowest BCUT2D eigenvalue weighted by Gasteiger charge is -2.38. The summed E-state index contributed by atoms with van der Waals surface area (Å²) in [6.45, 7) is 10.3. The smallest absolute Gasteiger partial charge is 0.0569 e. The number of nitrogens with one attached hydrogen (secondary N) is 2. The molecule has 3 aliphatic rings. The lowest BCUT2D eigenvalue weighted by atomic mass is 9.81. The summed E-state index contributed by atoms with van der Waals surface area (Å²) in [5, 5.41) is 17.6. The van der Waals surface area contributed by atoms with Crippen molar-refractivity contribution in [2.24, 2.45) is 5.92 Å². The summed E-state index contributed by atoms with van der Waals surface area (Å²) < 4.78 is 0. The Morgan fingerprint density at radius 1 is 0.783 bits per heavy atom. The summed E-state index contributed by atoms with van der Waals surface area (Å²) in [4.78, 5) is 5.30. The molecule has 3 N–H and O–H groups in total. The molecule has 2 aliphatic heterocycles. The average Bonchev–Trinajstić information content (AvgIpc) is 2.68. The van der Waals surface area contributed by atoms with Gasteiger partial charge >= 0.3 is 0 Å². The number of aliphatic hydroxyl groups is 1. The Kier molecular flexibility index (Phi) is 7.14. The Morgan fingerprint density at radius 3 is 2.35 bits per heavy atom. The zero-order valence-corrected chi connectivity index (χ0v) is 14.7. The molecule has 0 aromatic rings. The highest BCUT2D eigenvalue weighted by atomic mass is 16.3. The van der Waals surface area contributed by atoms with E-state index >= 15 is 0 Å². The molecule has 5 unspecified atom stereocenters. The topological polar surface area (TPSA) is 50.8 Å². The van der Waals surface area contributed by atoms with Crippen molar-refractivity contribution in [3.8, 4) is 0 Å². The van der Waals surface area contributed by atoms with Crippen molar-refractivity contribution in [1.29, 1.82) is 0 Å². The van der Waals surface area contributed by atoms with E-state index in [1.54, 1.807) is 0 Å². The van der Waals surface area contributed by atoms with Crippen molar-refractivity contribution in [2.75, 3.05) is 58.9 Å². The molecule has 5 heteroatoms. The van der Waals surface area contributed by atoms with Gasteiger partial charge in [0.15, 0.2) is 0 Å². The predicted molar refractivity (Wildman–Crippen MR) is 94.7 cm³/mol. The van der Waals surface area contributed by atoms with E-state index in [0.29, 0.717) is 12.0 Å². The van der Waals surface area contributed by atoms with Crippen molar-refractivity contribution in [3.05, 3.63) is 0 Å². The minimum atomic E-state index is -0.0562. The molecule has 23 heavy (non-hydrogen) atoms. The summed E-state index contributed by atoms with van der Waals surface area (Å²) in [6, 6.07) is 0.625. The van der Waals surface area contributed by atoms with Gasteiger partial charge in [-0.2, -0.15) is 0 Å². The van der Waals surface area contributed by atoms with Gasteiger partial charge in [-0.1, -0.05) is 12.8 Å². The molecule has 0 spiro atoms. The molecule has 3 fully saturated rings. The molecule has 2 heterocycles. The zero-order valence-electron chi connectivity index (χ0n) is 14.7. The lowest BCUT2D eigenvalue weighted by Crippen LogP contribution is -2.47. The molecular formula is C18H36N4O. The maximum Gasteiger partial charge on any atom is 0.0569 e. The molecule has 1 saturated carbocycles. The summed E-state index contributed by atoms with van der Waals surface area (Å²) >= 11 is 0. The highest BCUT2D eigenvalue weighted by Crippen LogP contribution is 2.30. The molecule has 1 aliphatic carbocycles. The Hall–Kier alpha value is -0.200. The van der Waals surface area contributed by atoms with Crippen molar-refractivity contribution in [2.45, 2.75) is 50.7 Å². The van der Waals surface area contributed by atoms with Gasteiger partial charge in [-0.15, -0.1) is 0 Å². The van der Waals surface area contributed by atoms with Crippen molar-refractivity contribution in [3.63, 3.8) is 0 Å². The molecule has 5 atom stereocenters. The number of hydrogen-bond donors (Lipinski definition) is 3. The fourth-order valence-electron chi connectivity index (χ4n) is 4.56. The predicted octanol–water partition coefficient (Wildman–Crippen LogP) is 0.497. The van der Waals surface area contributed by atoms with E-state index in [-0.39, 0.29) is 6.10 Å². The van der Waals surface area contributed by atoms with Crippen LogP contribution in [0.15, 0.2) is 0 Å². The van der Waals surface area contributed by atoms with Gasteiger partial charge in [0, 0.05) is 58.4 Å². The number of hydrogen-bond acceptors (Lipinski definition) is 5. The first-order valence-electron chi connectivity index (χ1n) is 9.89. The largest absolute Gasteiger partial charge is 0.393 e. The van der Waals surface area contributed by atoms with Crippen LogP contribution in [-0.4, -0.2) is 86.0 Å². The summed E-state index contributed by atoms with van der Waals surface area (Å²) in [5.41, 5.74) is 0. The minimum absolute atomic E-state index is 0.0562. The normalized spacial score (nSPS) is 40.8. The third-order valence-electron chi connectivity index (χ3n) is 6.10. The molecule has 0 aromatic carbocycles. The number of fused-ring (bicyclic) bond motifs is 3. The van der Waals surface area contributed by atoms with Crippen LogP contribution in [0.3, 0.4) is 0 Å². The van der Waals surface area contributed by atoms with E-state index in [9.17, 15) is 5.11 Å². The molecule has 0 amide bonds. The van der Waals surface area contributed by atoms with E-state index in [0.717, 1.165) is 39.1 Å². The van der Waals surface area contributed by atoms with Gasteiger partial charge in [-0.25, -0.2) is 0 Å². The van der Waals surface area contributed by atoms with Gasteiger partial charge < -0.3 is 15.7 Å². The second-order valence-corrected chi connectivity index (χ2v) is 7.67. The van der Waals surface area contributed by atoms with Crippen LogP contribution >= 0.6 is 0 Å². The maximum atomic E-state index is 10.4. The van der Waals surface area contributed by atoms with Gasteiger partial charge in [-0.3, -0.25) is 9.80 Å². The second-order valence-electron chi connectivity index (χ2n) is 7.67. The van der Waals surface area contributed by atoms with Gasteiger partial charge in [-0.05, 0) is 38.1 Å². The molecule has 2 saturated heterocycles. The van der Waals surface area contributed by atoms with Gasteiger partial charge in [0.2, 0.25) is 0 Å². The van der Waals surface area contributed by atoms with E-state index in [1.807, 2.05) is 0 Å². The van der Waals surface area contributed by atoms with Crippen molar-refractivity contribution in [1.82, 2.24) is 20.4 Å². The monoisotopic (exact) mass is 324 g/mol. The fourth-order valence-corrected chi connectivity index (χ4v) is 4.56. The Bertz CT molecular complexity index is 341. The first-order chi connectivity index (χ1) is 11.3. The Labute approximate surface area is 141 Å². The lowest BCUT2D eigenvalue weighted by molar-refractivity contribution is 0.0407. The molecule has 5 nitrogen and oxygen atoms in total. The van der Waals surface area contributed by atoms with E-state index in [2.05, 4.69) is 20.4 Å². The summed E-state index contributed by atoms with van der Waals surface area (Å²) in [5.74, 6) is 0.522. The summed E-state index contributed by atoms with van der Waals surface area (Å²) in [7, 11) is 0. The van der Waals surface area contributed by atoms with Gasteiger partial charge in [0.05, 0.1) is 6.10 Å². The molecule has 0 aromatic heterocycles. The molecule has 0 radical (unpaired) electrons. The highest BCUT2D eigenvalue weighted by Gasteiger charge is 2.29. The Balaban J connectivity index is 1.64. The fraction of sp³-hybridized carbons (Fsp3) is 1.00. The SMILES string of the molecule is OC1CCCCC1CC1CCNCCN2CCNCCN1CC2. The molecule has 134 valence electrons. The van der Waals surface area contributed by atoms with Crippen LogP contribution in [-0.2, 0) is 0 Å². The molecular weight excluding hydrogens is 288 g/mol. The quantitative estimate of drug-likeness (QED) is 0.690. The van der Waals surface area contributed by atoms with Gasteiger partial charge in [0.25, 0.3) is 0 Å². The standard InChI is InChI=1S/C18H36N4O/c23-18-4-2-1-3-16(18)15-17-5-6-19-7-10-21-11-8-20-9-12-22(17)14-13-21/h16-20,23H,1-15H2. The van der Waals surface area contributed by atoms with Crippen LogP contribution in [0, 0.1) is 5.92 Å². The number of nitrogens with zero attached hydrogens (tertiary/aromatic N) is 2. The highest BCUT2D eigenvalue weighted by molar-refractivity contribution is 4.84. The number of rotatable bonds is 2. The van der Waals surface area contributed by atoms with Crippen LogP contribution in [0.5, 0.6) is 0 Å². The minimum Gasteiger partial charge on any atom is -0.393 e. The van der Waals surface area contributed by atoms with Crippen LogP contribution < -0.4 is 10.6 Å². The van der Waals surface area contributed by atoms with E-state index < -0.39 is 0 Å². The van der Waals surface area contributed by atoms with E-state index in [1.165, 1.54) is 58.3 Å². The van der Waals surface area contributed by atoms with Crippen LogP contribution in [0.4, 0.5) is 0 Å². The van der Waals surface area contributed by atoms with Crippen molar-refractivity contribution < 1.29 is 5.11 Å². The van der Waals surface area contributed by atoms with Crippen molar-refractivity contribution >= 4 is 0 Å². The molecule has 3 rings (SSSR count). The third kappa shape index (κ3) is 5.40. The summed E-state index contributed by atoms with van der Waals surface area (Å²) in [6.07, 6.45) is 7.12. The maximum absolute atomic E-state index is 10.4. The van der Waals surface area contributed by atoms with Crippen LogP contribution in [0.2, 0.25) is 0 Å². The second kappa shape index (κ2) is 9.33. The van der Waals surface area contributed by atoms with E-state index in [4.69, 9.17) is 0 Å². The van der Waals surface area contributed by atoms with Crippen LogP contribution in [0.1, 0.15) is 38.5 Å².